The highest BCUT2D eigenvalue weighted by atomic mass is 19.1. The smallest absolute Gasteiger partial charge is 0.223 e. The lowest BCUT2D eigenvalue weighted by Gasteiger charge is -2.26. The molecule has 1 amide bonds. The zero-order valence-corrected chi connectivity index (χ0v) is 11.6. The first-order valence-corrected chi connectivity index (χ1v) is 6.69. The van der Waals surface area contributed by atoms with E-state index in [2.05, 4.69) is 0 Å². The van der Waals surface area contributed by atoms with E-state index in [1.165, 1.54) is 12.1 Å². The zero-order chi connectivity index (χ0) is 14.3. The van der Waals surface area contributed by atoms with Crippen molar-refractivity contribution in [3.63, 3.8) is 0 Å². The summed E-state index contributed by atoms with van der Waals surface area (Å²) in [7, 11) is 0. The minimum absolute atomic E-state index is 0.0766. The Labute approximate surface area is 114 Å². The molecule has 1 N–H and O–H groups in total. The fourth-order valence-electron chi connectivity index (χ4n) is 1.96. The average Bonchev–Trinajstić information content (AvgIpc) is 2.38. The Morgan fingerprint density at radius 2 is 1.95 bits per heavy atom. The molecule has 0 aliphatic heterocycles. The van der Waals surface area contributed by atoms with Gasteiger partial charge in [0.1, 0.15) is 5.82 Å². The number of aryl methyl sites for hydroxylation is 1. The van der Waals surface area contributed by atoms with Gasteiger partial charge in [-0.05, 0) is 44.4 Å². The van der Waals surface area contributed by atoms with Gasteiger partial charge in [0.15, 0.2) is 0 Å². The molecule has 0 saturated carbocycles. The Hall–Kier alpha value is -1.42. The summed E-state index contributed by atoms with van der Waals surface area (Å²) in [5, 5.41) is 8.84. The summed E-state index contributed by atoms with van der Waals surface area (Å²) in [5.41, 5.74) is 0.959. The molecule has 0 aliphatic carbocycles. The van der Waals surface area contributed by atoms with Gasteiger partial charge in [0.25, 0.3) is 0 Å². The first kappa shape index (κ1) is 15.6. The minimum atomic E-state index is -0.262. The Bertz CT molecular complexity index is 390. The van der Waals surface area contributed by atoms with Crippen LogP contribution in [-0.2, 0) is 11.2 Å². The van der Waals surface area contributed by atoms with Crippen molar-refractivity contribution in [1.29, 1.82) is 0 Å². The van der Waals surface area contributed by atoms with Crippen LogP contribution in [0.4, 0.5) is 4.39 Å². The lowest BCUT2D eigenvalue weighted by molar-refractivity contribution is -0.133. The van der Waals surface area contributed by atoms with Crippen LogP contribution in [0.25, 0.3) is 0 Å². The minimum Gasteiger partial charge on any atom is -0.396 e. The van der Waals surface area contributed by atoms with Gasteiger partial charge in [-0.15, -0.1) is 0 Å². The predicted octanol–water partition coefficient (Wildman–Crippen LogP) is 2.38. The maximum absolute atomic E-state index is 12.8. The maximum atomic E-state index is 12.8. The van der Waals surface area contributed by atoms with E-state index in [1.807, 2.05) is 13.8 Å². The molecule has 4 heteroatoms. The fraction of sp³-hybridized carbons (Fsp3) is 0.533. The third kappa shape index (κ3) is 5.39. The Kier molecular flexibility index (Phi) is 6.50. The number of aliphatic hydroxyl groups is 1. The van der Waals surface area contributed by atoms with Crippen molar-refractivity contribution < 1.29 is 14.3 Å². The summed E-state index contributed by atoms with van der Waals surface area (Å²) in [5.74, 6) is -0.186. The molecule has 0 saturated heterocycles. The molecule has 3 nitrogen and oxygen atoms in total. The van der Waals surface area contributed by atoms with Gasteiger partial charge in [-0.1, -0.05) is 12.1 Å². The van der Waals surface area contributed by atoms with Gasteiger partial charge in [-0.2, -0.15) is 0 Å². The highest BCUT2D eigenvalue weighted by molar-refractivity contribution is 5.76. The lowest BCUT2D eigenvalue weighted by atomic mass is 10.1. The molecule has 19 heavy (non-hydrogen) atoms. The van der Waals surface area contributed by atoms with E-state index in [-0.39, 0.29) is 24.4 Å². The summed E-state index contributed by atoms with van der Waals surface area (Å²) in [6, 6.07) is 6.36. The second-order valence-corrected chi connectivity index (χ2v) is 4.88. The highest BCUT2D eigenvalue weighted by Crippen LogP contribution is 2.09. The number of carbonyl (C=O) groups excluding carboxylic acids is 1. The second kappa shape index (κ2) is 7.89. The van der Waals surface area contributed by atoms with E-state index < -0.39 is 0 Å². The number of nitrogens with zero attached hydrogens (tertiary/aromatic N) is 1. The summed E-state index contributed by atoms with van der Waals surface area (Å²) in [4.78, 5) is 13.9. The van der Waals surface area contributed by atoms with E-state index in [1.54, 1.807) is 17.0 Å². The van der Waals surface area contributed by atoms with Crippen molar-refractivity contribution in [2.24, 2.45) is 0 Å². The van der Waals surface area contributed by atoms with Crippen LogP contribution in [0.3, 0.4) is 0 Å². The van der Waals surface area contributed by atoms with Crippen LogP contribution in [0.15, 0.2) is 24.3 Å². The number of aliphatic hydroxyl groups excluding tert-OH is 1. The average molecular weight is 267 g/mol. The number of rotatable bonds is 7. The third-order valence-corrected chi connectivity index (χ3v) is 3.04. The van der Waals surface area contributed by atoms with Crippen LogP contribution in [0, 0.1) is 5.82 Å². The van der Waals surface area contributed by atoms with Gasteiger partial charge in [-0.25, -0.2) is 4.39 Å². The van der Waals surface area contributed by atoms with Crippen LogP contribution in [0.2, 0.25) is 0 Å². The van der Waals surface area contributed by atoms with Gasteiger partial charge in [0.05, 0.1) is 0 Å². The van der Waals surface area contributed by atoms with Gasteiger partial charge >= 0.3 is 0 Å². The predicted molar refractivity (Wildman–Crippen MR) is 73.3 cm³/mol. The van der Waals surface area contributed by atoms with Crippen LogP contribution in [0.5, 0.6) is 0 Å². The van der Waals surface area contributed by atoms with Gasteiger partial charge in [0, 0.05) is 25.6 Å². The number of hydrogen-bond donors (Lipinski definition) is 1. The molecule has 1 aromatic rings. The molecule has 0 bridgehead atoms. The first-order chi connectivity index (χ1) is 9.04. The summed E-state index contributed by atoms with van der Waals surface area (Å²) < 4.78 is 12.8. The zero-order valence-electron chi connectivity index (χ0n) is 11.6. The number of carbonyl (C=O) groups is 1. The topological polar surface area (TPSA) is 40.5 Å². The molecule has 0 unspecified atom stereocenters. The molecule has 0 heterocycles. The molecule has 0 spiro atoms. The molecule has 0 aromatic heterocycles. The molecular weight excluding hydrogens is 245 g/mol. The third-order valence-electron chi connectivity index (χ3n) is 3.04. The molecule has 106 valence electrons. The Morgan fingerprint density at radius 1 is 1.32 bits per heavy atom. The van der Waals surface area contributed by atoms with Crippen molar-refractivity contribution in [3.8, 4) is 0 Å². The van der Waals surface area contributed by atoms with E-state index in [4.69, 9.17) is 5.11 Å². The van der Waals surface area contributed by atoms with Crippen molar-refractivity contribution in [3.05, 3.63) is 35.6 Å². The van der Waals surface area contributed by atoms with E-state index >= 15 is 0 Å². The monoisotopic (exact) mass is 267 g/mol. The molecule has 0 atom stereocenters. The van der Waals surface area contributed by atoms with Crippen molar-refractivity contribution >= 4 is 5.91 Å². The number of amides is 1. The molecule has 0 aliphatic rings. The van der Waals surface area contributed by atoms with Crippen molar-refractivity contribution in [2.45, 2.75) is 39.2 Å². The second-order valence-electron chi connectivity index (χ2n) is 4.88. The number of hydrogen-bond acceptors (Lipinski definition) is 2. The van der Waals surface area contributed by atoms with E-state index in [0.717, 1.165) is 5.56 Å². The van der Waals surface area contributed by atoms with Gasteiger partial charge < -0.3 is 10.0 Å². The summed E-state index contributed by atoms with van der Waals surface area (Å²) in [6.07, 6.45) is 1.62. The van der Waals surface area contributed by atoms with Gasteiger partial charge in [0.2, 0.25) is 5.91 Å². The van der Waals surface area contributed by atoms with Crippen LogP contribution < -0.4 is 0 Å². The van der Waals surface area contributed by atoms with E-state index in [0.29, 0.717) is 25.8 Å². The van der Waals surface area contributed by atoms with Gasteiger partial charge in [-0.3, -0.25) is 4.79 Å². The normalized spacial score (nSPS) is 10.8. The summed E-state index contributed by atoms with van der Waals surface area (Å²) in [6.45, 7) is 4.60. The maximum Gasteiger partial charge on any atom is 0.223 e. The highest BCUT2D eigenvalue weighted by Gasteiger charge is 2.15. The quantitative estimate of drug-likeness (QED) is 0.824. The van der Waals surface area contributed by atoms with Crippen LogP contribution in [-0.4, -0.2) is 35.1 Å². The molecular formula is C15H22FNO2. The number of halogens is 1. The Balaban J connectivity index is 2.49. The summed E-state index contributed by atoms with van der Waals surface area (Å²) >= 11 is 0. The standard InChI is InChI=1S/C15H22FNO2/c1-12(2)17(10-3-11-18)15(19)9-6-13-4-7-14(16)8-5-13/h4-5,7-8,12,18H,3,6,9-11H2,1-2H3. The van der Waals surface area contributed by atoms with Crippen LogP contribution >= 0.6 is 0 Å². The van der Waals surface area contributed by atoms with Crippen molar-refractivity contribution in [1.82, 2.24) is 4.90 Å². The molecule has 1 rings (SSSR count). The first-order valence-electron chi connectivity index (χ1n) is 6.69. The SMILES string of the molecule is CC(C)N(CCCO)C(=O)CCc1ccc(F)cc1. The Morgan fingerprint density at radius 3 is 2.47 bits per heavy atom. The number of benzene rings is 1. The van der Waals surface area contributed by atoms with Crippen LogP contribution in [0.1, 0.15) is 32.3 Å². The lowest BCUT2D eigenvalue weighted by Crippen LogP contribution is -2.38. The molecule has 0 fully saturated rings. The molecule has 0 radical (unpaired) electrons. The molecule has 1 aromatic carbocycles. The van der Waals surface area contributed by atoms with Crippen molar-refractivity contribution in [2.75, 3.05) is 13.2 Å². The van der Waals surface area contributed by atoms with E-state index in [9.17, 15) is 9.18 Å². The largest absolute Gasteiger partial charge is 0.396 e. The fourth-order valence-corrected chi connectivity index (χ4v) is 1.96.